The van der Waals surface area contributed by atoms with Gasteiger partial charge in [-0.3, -0.25) is 0 Å². The lowest BCUT2D eigenvalue weighted by Crippen LogP contribution is -2.33. The van der Waals surface area contributed by atoms with Gasteiger partial charge < -0.3 is 14.4 Å². The fraction of sp³-hybridized carbons (Fsp3) is 0.632. The molecule has 0 aromatic heterocycles. The highest BCUT2D eigenvalue weighted by atomic mass is 16.4. The van der Waals surface area contributed by atoms with Crippen LogP contribution in [0.15, 0.2) is 30.3 Å². The number of hydrogen-bond donors (Lipinski definition) is 0. The number of rotatable bonds is 9. The van der Waals surface area contributed by atoms with Gasteiger partial charge in [0.05, 0.1) is 21.1 Å². The van der Waals surface area contributed by atoms with Gasteiger partial charge in [-0.25, -0.2) is 0 Å². The first kappa shape index (κ1) is 20.6. The first-order chi connectivity index (χ1) is 10.3. The van der Waals surface area contributed by atoms with Crippen molar-refractivity contribution < 1.29 is 14.4 Å². The molecule has 0 aliphatic carbocycles. The van der Waals surface area contributed by atoms with E-state index < -0.39 is 5.97 Å². The Morgan fingerprint density at radius 2 is 1.50 bits per heavy atom. The van der Waals surface area contributed by atoms with Crippen LogP contribution >= 0.6 is 0 Å². The first-order valence-electron chi connectivity index (χ1n) is 8.39. The molecule has 126 valence electrons. The number of unbranched alkanes of at least 4 members (excludes halogenated alkanes) is 5. The van der Waals surface area contributed by atoms with Crippen LogP contribution in [0.1, 0.15) is 57.4 Å². The van der Waals surface area contributed by atoms with E-state index in [4.69, 9.17) is 0 Å². The van der Waals surface area contributed by atoms with Gasteiger partial charge in [0.15, 0.2) is 0 Å². The Morgan fingerprint density at radius 1 is 0.955 bits per heavy atom. The molecular weight excluding hydrogens is 274 g/mol. The number of hydrogen-bond acceptors (Lipinski definition) is 2. The fourth-order valence-electron chi connectivity index (χ4n) is 2.18. The first-order valence-corrected chi connectivity index (χ1v) is 8.39. The molecule has 0 aliphatic heterocycles. The Hall–Kier alpha value is -1.35. The number of nitrogens with zero attached hydrogens (tertiary/aromatic N) is 1. The van der Waals surface area contributed by atoms with Crippen LogP contribution in [0.3, 0.4) is 0 Å². The van der Waals surface area contributed by atoms with Gasteiger partial charge in [0.25, 0.3) is 0 Å². The van der Waals surface area contributed by atoms with Gasteiger partial charge >= 0.3 is 0 Å². The highest BCUT2D eigenvalue weighted by molar-refractivity contribution is 5.63. The van der Waals surface area contributed by atoms with Crippen molar-refractivity contribution in [1.29, 1.82) is 0 Å². The van der Waals surface area contributed by atoms with Crippen molar-refractivity contribution >= 4 is 5.97 Å². The summed E-state index contributed by atoms with van der Waals surface area (Å²) in [6.07, 6.45) is 6.96. The lowest BCUT2D eigenvalue weighted by Gasteiger charge is -2.23. The van der Waals surface area contributed by atoms with Crippen LogP contribution in [0.4, 0.5) is 0 Å². The van der Waals surface area contributed by atoms with Gasteiger partial charge in [0.1, 0.15) is 6.54 Å². The molecule has 0 atom stereocenters. The highest BCUT2D eigenvalue weighted by Gasteiger charge is 2.06. The van der Waals surface area contributed by atoms with E-state index in [-0.39, 0.29) is 6.42 Å². The van der Waals surface area contributed by atoms with Gasteiger partial charge in [-0.2, -0.15) is 0 Å². The van der Waals surface area contributed by atoms with E-state index in [1.165, 1.54) is 31.2 Å². The van der Waals surface area contributed by atoms with Crippen LogP contribution < -0.4 is 5.11 Å². The second kappa shape index (κ2) is 12.2. The molecule has 3 nitrogen and oxygen atoms in total. The molecule has 0 unspecified atom stereocenters. The zero-order valence-corrected chi connectivity index (χ0v) is 14.8. The normalized spacial score (nSPS) is 10.7. The standard InChI is InChI=1S/C10H16N.C9H18O2/c1-11(2,3)9-10-7-5-4-6-8-10;1-2-3-4-5-6-7-8-9(10)11/h4-8H,9H2,1-3H3;2-8H2,1H3,(H,10,11)/q+1;/p-1. The molecule has 1 aromatic rings. The van der Waals surface area contributed by atoms with E-state index in [2.05, 4.69) is 58.4 Å². The van der Waals surface area contributed by atoms with E-state index in [1.807, 2.05) is 0 Å². The van der Waals surface area contributed by atoms with Crippen molar-refractivity contribution in [2.24, 2.45) is 0 Å². The fourth-order valence-corrected chi connectivity index (χ4v) is 2.18. The number of aliphatic carboxylic acids is 1. The van der Waals surface area contributed by atoms with Crippen molar-refractivity contribution in [2.45, 2.75) is 58.4 Å². The number of carboxylic acid groups (broad SMARTS) is 1. The van der Waals surface area contributed by atoms with Crippen molar-refractivity contribution in [3.8, 4) is 0 Å². The molecule has 0 heterocycles. The molecule has 0 amide bonds. The Bertz CT molecular complexity index is 382. The lowest BCUT2D eigenvalue weighted by atomic mass is 10.1. The smallest absolute Gasteiger partial charge is 0.104 e. The topological polar surface area (TPSA) is 40.1 Å². The van der Waals surface area contributed by atoms with E-state index in [0.29, 0.717) is 0 Å². The minimum Gasteiger partial charge on any atom is -0.550 e. The number of benzene rings is 1. The predicted molar refractivity (Wildman–Crippen MR) is 91.2 cm³/mol. The molecule has 0 aliphatic rings. The van der Waals surface area contributed by atoms with Crippen molar-refractivity contribution in [3.05, 3.63) is 35.9 Å². The summed E-state index contributed by atoms with van der Waals surface area (Å²) >= 11 is 0. The third kappa shape index (κ3) is 15.0. The maximum atomic E-state index is 9.98. The second-order valence-corrected chi connectivity index (χ2v) is 6.82. The van der Waals surface area contributed by atoms with Crippen LogP contribution in [0.2, 0.25) is 0 Å². The second-order valence-electron chi connectivity index (χ2n) is 6.82. The summed E-state index contributed by atoms with van der Waals surface area (Å²) in [5, 5.41) is 9.98. The molecular formula is C19H33NO2. The van der Waals surface area contributed by atoms with E-state index in [9.17, 15) is 9.90 Å². The Morgan fingerprint density at radius 3 is 2.00 bits per heavy atom. The zero-order valence-electron chi connectivity index (χ0n) is 14.8. The predicted octanol–water partition coefficient (Wildman–Crippen LogP) is 3.38. The van der Waals surface area contributed by atoms with Crippen molar-refractivity contribution in [1.82, 2.24) is 0 Å². The molecule has 0 N–H and O–H groups in total. The van der Waals surface area contributed by atoms with Crippen LogP contribution in [0, 0.1) is 0 Å². The minimum atomic E-state index is -0.916. The van der Waals surface area contributed by atoms with Gasteiger partial charge in [-0.1, -0.05) is 69.4 Å². The molecule has 0 bridgehead atoms. The summed E-state index contributed by atoms with van der Waals surface area (Å²) in [5.41, 5.74) is 1.40. The van der Waals surface area contributed by atoms with Gasteiger partial charge in [0, 0.05) is 11.5 Å². The summed E-state index contributed by atoms with van der Waals surface area (Å²) in [5.74, 6) is -0.916. The highest BCUT2D eigenvalue weighted by Crippen LogP contribution is 2.06. The van der Waals surface area contributed by atoms with Crippen LogP contribution in [-0.4, -0.2) is 31.6 Å². The molecule has 22 heavy (non-hydrogen) atoms. The summed E-state index contributed by atoms with van der Waals surface area (Å²) in [6, 6.07) is 10.6. The molecule has 3 heteroatoms. The molecule has 0 saturated heterocycles. The Balaban J connectivity index is 0.000000401. The molecule has 0 radical (unpaired) electrons. The summed E-state index contributed by atoms with van der Waals surface area (Å²) in [6.45, 7) is 3.27. The molecule has 0 spiro atoms. The quantitative estimate of drug-likeness (QED) is 0.518. The largest absolute Gasteiger partial charge is 0.550 e. The Labute approximate surface area is 136 Å². The van der Waals surface area contributed by atoms with E-state index >= 15 is 0 Å². The van der Waals surface area contributed by atoms with Gasteiger partial charge in [-0.05, 0) is 12.8 Å². The number of carboxylic acids is 1. The Kier molecular flexibility index (Phi) is 11.5. The molecule has 1 aromatic carbocycles. The van der Waals surface area contributed by atoms with Crippen molar-refractivity contribution in [3.63, 3.8) is 0 Å². The third-order valence-corrected chi connectivity index (χ3v) is 3.23. The number of carbonyl (C=O) groups is 1. The van der Waals surface area contributed by atoms with Crippen molar-refractivity contribution in [2.75, 3.05) is 21.1 Å². The van der Waals surface area contributed by atoms with Crippen LogP contribution in [0.5, 0.6) is 0 Å². The summed E-state index contributed by atoms with van der Waals surface area (Å²) < 4.78 is 0.990. The monoisotopic (exact) mass is 307 g/mol. The van der Waals surface area contributed by atoms with Gasteiger partial charge in [0.2, 0.25) is 0 Å². The van der Waals surface area contributed by atoms with E-state index in [1.54, 1.807) is 0 Å². The van der Waals surface area contributed by atoms with E-state index in [0.717, 1.165) is 23.9 Å². The summed E-state index contributed by atoms with van der Waals surface area (Å²) in [7, 11) is 6.60. The van der Waals surface area contributed by atoms with Crippen LogP contribution in [0.25, 0.3) is 0 Å². The lowest BCUT2D eigenvalue weighted by molar-refractivity contribution is -0.884. The third-order valence-electron chi connectivity index (χ3n) is 3.23. The average molecular weight is 307 g/mol. The number of quaternary nitrogens is 1. The summed E-state index contributed by atoms with van der Waals surface area (Å²) in [4.78, 5) is 9.98. The molecule has 0 fully saturated rings. The zero-order chi connectivity index (χ0) is 16.8. The maximum absolute atomic E-state index is 9.98. The maximum Gasteiger partial charge on any atom is 0.104 e. The minimum absolute atomic E-state index is 0.228. The number of carbonyl (C=O) groups excluding carboxylic acids is 1. The SMILES string of the molecule is CCCCCCCCC(=O)[O-].C[N+](C)(C)Cc1ccccc1. The molecule has 1 rings (SSSR count). The van der Waals surface area contributed by atoms with Gasteiger partial charge in [-0.15, -0.1) is 0 Å². The van der Waals surface area contributed by atoms with Crippen LogP contribution in [-0.2, 0) is 11.3 Å². The average Bonchev–Trinajstić information content (AvgIpc) is 2.42. The molecule has 0 saturated carbocycles.